The van der Waals surface area contributed by atoms with Crippen LogP contribution in [-0.2, 0) is 18.4 Å². The lowest BCUT2D eigenvalue weighted by Gasteiger charge is -2.25. The highest BCUT2D eigenvalue weighted by Crippen LogP contribution is 2.43. The Balaban J connectivity index is 4.07. The van der Waals surface area contributed by atoms with Crippen LogP contribution in [-0.4, -0.2) is 59.0 Å². The van der Waals surface area contributed by atoms with Crippen LogP contribution in [0.1, 0.15) is 290 Å². The van der Waals surface area contributed by atoms with E-state index in [0.717, 1.165) is 38.5 Å². The zero-order chi connectivity index (χ0) is 45.5. The SMILES string of the molecule is CCCCCCCCCCCCCCCCCCCCCCC(O)CC(=O)NC(COP(=O)(O)OCCN)C(O)CCCCCCCCCCCCCCCCCCCCCC. The Labute approximate surface area is 385 Å². The second kappa shape index (κ2) is 48.4. The zero-order valence-electron chi connectivity index (χ0n) is 41.3. The summed E-state index contributed by atoms with van der Waals surface area (Å²) in [6.45, 7) is 4.11. The summed E-state index contributed by atoms with van der Waals surface area (Å²) in [5.74, 6) is -0.405. The summed E-state index contributed by atoms with van der Waals surface area (Å²) in [5, 5.41) is 24.4. The van der Waals surface area contributed by atoms with Gasteiger partial charge in [-0.15, -0.1) is 0 Å². The molecule has 0 radical (unpaired) electrons. The van der Waals surface area contributed by atoms with Crippen LogP contribution in [0.15, 0.2) is 0 Å². The number of nitrogens with two attached hydrogens (primary N) is 1. The molecule has 0 heterocycles. The van der Waals surface area contributed by atoms with Crippen LogP contribution >= 0.6 is 7.82 Å². The number of aliphatic hydroxyl groups excluding tert-OH is 2. The summed E-state index contributed by atoms with van der Waals surface area (Å²) in [7, 11) is -4.38. The van der Waals surface area contributed by atoms with Gasteiger partial charge in [-0.05, 0) is 12.8 Å². The molecule has 372 valence electrons. The van der Waals surface area contributed by atoms with Crippen molar-refractivity contribution in [2.24, 2.45) is 5.73 Å². The molecule has 0 saturated carbocycles. The standard InChI is InChI=1S/C52H107N2O7P/c1-3-5-7-9-11-13-15-17-19-21-23-25-27-29-31-33-35-37-39-41-43-49(55)47-52(57)54-50(48-61-62(58,59)60-46-45-53)51(56)44-42-40-38-36-34-32-30-28-26-24-22-20-18-16-14-12-10-8-6-4-2/h49-51,55-56H,3-48,53H2,1-2H3,(H,54,57)(H,58,59). The molecule has 0 aromatic carbocycles. The third kappa shape index (κ3) is 46.0. The number of amides is 1. The normalized spacial score (nSPS) is 14.2. The van der Waals surface area contributed by atoms with Crippen molar-refractivity contribution in [1.29, 1.82) is 0 Å². The lowest BCUT2D eigenvalue weighted by atomic mass is 10.0. The molecule has 6 N–H and O–H groups in total. The van der Waals surface area contributed by atoms with Crippen LogP contribution in [0.3, 0.4) is 0 Å². The molecule has 0 saturated heterocycles. The quantitative estimate of drug-likeness (QED) is 0.0299. The van der Waals surface area contributed by atoms with Gasteiger partial charge >= 0.3 is 7.82 Å². The van der Waals surface area contributed by atoms with Crippen LogP contribution in [0.2, 0.25) is 0 Å². The first kappa shape index (κ1) is 61.5. The summed E-state index contributed by atoms with van der Waals surface area (Å²) in [6, 6.07) is -0.892. The van der Waals surface area contributed by atoms with Crippen LogP contribution in [0, 0.1) is 0 Å². The van der Waals surface area contributed by atoms with E-state index in [1.54, 1.807) is 0 Å². The largest absolute Gasteiger partial charge is 0.472 e. The maximum atomic E-state index is 12.9. The first-order chi connectivity index (χ1) is 30.3. The van der Waals surface area contributed by atoms with Crippen LogP contribution in [0.5, 0.6) is 0 Å². The predicted octanol–water partition coefficient (Wildman–Crippen LogP) is 15.1. The number of unbranched alkanes of at least 4 members (excludes halogenated alkanes) is 38. The van der Waals surface area contributed by atoms with Gasteiger partial charge in [-0.25, -0.2) is 4.57 Å². The summed E-state index contributed by atoms with van der Waals surface area (Å²) < 4.78 is 22.3. The fraction of sp³-hybridized carbons (Fsp3) is 0.981. The van der Waals surface area contributed by atoms with E-state index in [1.807, 2.05) is 0 Å². The number of phosphoric ester groups is 1. The Morgan fingerprint density at radius 2 is 0.774 bits per heavy atom. The van der Waals surface area contributed by atoms with E-state index in [-0.39, 0.29) is 26.2 Å². The smallest absolute Gasteiger partial charge is 0.393 e. The second-order valence-electron chi connectivity index (χ2n) is 19.0. The minimum atomic E-state index is -4.38. The van der Waals surface area contributed by atoms with Crippen molar-refractivity contribution in [3.05, 3.63) is 0 Å². The van der Waals surface area contributed by atoms with Crippen molar-refractivity contribution in [1.82, 2.24) is 5.32 Å². The number of rotatable bonds is 52. The van der Waals surface area contributed by atoms with E-state index in [9.17, 15) is 24.5 Å². The first-order valence-corrected chi connectivity index (χ1v) is 28.7. The van der Waals surface area contributed by atoms with Gasteiger partial charge in [0.25, 0.3) is 0 Å². The lowest BCUT2D eigenvalue weighted by molar-refractivity contribution is -0.125. The Morgan fingerprint density at radius 1 is 0.484 bits per heavy atom. The molecule has 0 rings (SSSR count). The molecule has 10 heteroatoms. The zero-order valence-corrected chi connectivity index (χ0v) is 42.2. The van der Waals surface area contributed by atoms with E-state index < -0.39 is 32.0 Å². The Hall–Kier alpha value is -0.540. The van der Waals surface area contributed by atoms with Gasteiger partial charge in [0.1, 0.15) is 0 Å². The number of aliphatic hydroxyl groups is 2. The summed E-state index contributed by atoms with van der Waals surface area (Å²) in [6.07, 6.45) is 51.6. The highest BCUT2D eigenvalue weighted by atomic mass is 31.2. The van der Waals surface area contributed by atoms with Gasteiger partial charge in [-0.2, -0.15) is 0 Å². The van der Waals surface area contributed by atoms with Crippen LogP contribution < -0.4 is 11.1 Å². The molecule has 4 atom stereocenters. The van der Waals surface area contributed by atoms with Gasteiger partial charge in [0.15, 0.2) is 0 Å². The molecule has 0 aliphatic heterocycles. The fourth-order valence-corrected chi connectivity index (χ4v) is 9.42. The third-order valence-electron chi connectivity index (χ3n) is 12.8. The maximum absolute atomic E-state index is 12.9. The van der Waals surface area contributed by atoms with E-state index in [0.29, 0.717) is 12.8 Å². The van der Waals surface area contributed by atoms with E-state index in [2.05, 4.69) is 19.2 Å². The number of phosphoric acid groups is 1. The molecule has 0 aliphatic rings. The molecule has 0 bridgehead atoms. The average molecular weight is 903 g/mol. The number of hydrogen-bond acceptors (Lipinski definition) is 7. The van der Waals surface area contributed by atoms with Crippen molar-refractivity contribution in [3.63, 3.8) is 0 Å². The number of nitrogens with one attached hydrogen (secondary N) is 1. The van der Waals surface area contributed by atoms with Crippen molar-refractivity contribution >= 4 is 13.7 Å². The van der Waals surface area contributed by atoms with Gasteiger partial charge in [0.2, 0.25) is 5.91 Å². The van der Waals surface area contributed by atoms with Gasteiger partial charge in [0, 0.05) is 6.54 Å². The number of carbonyl (C=O) groups excluding carboxylic acids is 1. The van der Waals surface area contributed by atoms with Gasteiger partial charge < -0.3 is 26.2 Å². The van der Waals surface area contributed by atoms with E-state index in [4.69, 9.17) is 14.8 Å². The van der Waals surface area contributed by atoms with Crippen molar-refractivity contribution in [2.45, 2.75) is 308 Å². The minimum Gasteiger partial charge on any atom is -0.393 e. The topological polar surface area (TPSA) is 151 Å². The number of carbonyl (C=O) groups is 1. The lowest BCUT2D eigenvalue weighted by Crippen LogP contribution is -2.47. The molecule has 0 aromatic heterocycles. The fourth-order valence-electron chi connectivity index (χ4n) is 8.66. The minimum absolute atomic E-state index is 0.0631. The van der Waals surface area contributed by atoms with Gasteiger partial charge in [-0.1, -0.05) is 271 Å². The molecule has 0 aliphatic carbocycles. The Morgan fingerprint density at radius 3 is 1.08 bits per heavy atom. The van der Waals surface area contributed by atoms with E-state index in [1.165, 1.54) is 218 Å². The average Bonchev–Trinajstić information content (AvgIpc) is 3.25. The molecule has 0 fully saturated rings. The molecule has 1 amide bonds. The van der Waals surface area contributed by atoms with Gasteiger partial charge in [-0.3, -0.25) is 13.8 Å². The Bertz CT molecular complexity index is 960. The van der Waals surface area contributed by atoms with Crippen molar-refractivity contribution in [2.75, 3.05) is 19.8 Å². The monoisotopic (exact) mass is 903 g/mol. The second-order valence-corrected chi connectivity index (χ2v) is 20.5. The predicted molar refractivity (Wildman–Crippen MR) is 265 cm³/mol. The highest BCUT2D eigenvalue weighted by Gasteiger charge is 2.28. The summed E-state index contributed by atoms with van der Waals surface area (Å²) >= 11 is 0. The van der Waals surface area contributed by atoms with Crippen LogP contribution in [0.4, 0.5) is 0 Å². The summed E-state index contributed by atoms with van der Waals surface area (Å²) in [5.41, 5.74) is 5.40. The van der Waals surface area contributed by atoms with E-state index >= 15 is 0 Å². The van der Waals surface area contributed by atoms with Crippen molar-refractivity contribution in [3.8, 4) is 0 Å². The van der Waals surface area contributed by atoms with Crippen LogP contribution in [0.25, 0.3) is 0 Å². The molecule has 62 heavy (non-hydrogen) atoms. The van der Waals surface area contributed by atoms with Crippen molar-refractivity contribution < 1.29 is 33.5 Å². The highest BCUT2D eigenvalue weighted by molar-refractivity contribution is 7.47. The molecular weight excluding hydrogens is 796 g/mol. The molecule has 4 unspecified atom stereocenters. The Kier molecular flexibility index (Phi) is 48.0. The molecule has 9 nitrogen and oxygen atoms in total. The first-order valence-electron chi connectivity index (χ1n) is 27.2. The summed E-state index contributed by atoms with van der Waals surface area (Å²) in [4.78, 5) is 22.9. The number of hydrogen-bond donors (Lipinski definition) is 5. The maximum Gasteiger partial charge on any atom is 0.472 e. The van der Waals surface area contributed by atoms with Gasteiger partial charge in [0.05, 0.1) is 37.9 Å². The molecular formula is C52H107N2O7P. The molecule has 0 spiro atoms. The third-order valence-corrected chi connectivity index (χ3v) is 13.7. The molecule has 0 aromatic rings.